The van der Waals surface area contributed by atoms with Gasteiger partial charge in [-0.25, -0.2) is 0 Å². The molecule has 1 aromatic carbocycles. The van der Waals surface area contributed by atoms with Gasteiger partial charge in [-0.15, -0.1) is 0 Å². The van der Waals surface area contributed by atoms with Gasteiger partial charge < -0.3 is 14.9 Å². The molecule has 1 unspecified atom stereocenters. The monoisotopic (exact) mass is 342 g/mol. The van der Waals surface area contributed by atoms with Crippen molar-refractivity contribution in [1.82, 2.24) is 9.78 Å². The van der Waals surface area contributed by atoms with Gasteiger partial charge in [0.05, 0.1) is 24.2 Å². The third-order valence-corrected chi connectivity index (χ3v) is 4.16. The van der Waals surface area contributed by atoms with Crippen LogP contribution in [0.15, 0.2) is 29.6 Å². The molecule has 7 nitrogen and oxygen atoms in total. The number of hydrogen-bond acceptors (Lipinski definition) is 5. The Labute approximate surface area is 146 Å². The largest absolute Gasteiger partial charge is 0.495 e. The summed E-state index contributed by atoms with van der Waals surface area (Å²) >= 11 is 0. The first kappa shape index (κ1) is 17.0. The molecule has 1 N–H and O–H groups in total. The highest BCUT2D eigenvalue weighted by Gasteiger charge is 2.30. The Bertz CT molecular complexity index is 826. The lowest BCUT2D eigenvalue weighted by Crippen LogP contribution is -2.28. The summed E-state index contributed by atoms with van der Waals surface area (Å²) in [6.07, 6.45) is 1.68. The second kappa shape index (κ2) is 6.96. The van der Waals surface area contributed by atoms with Crippen LogP contribution in [0.25, 0.3) is 0 Å². The van der Waals surface area contributed by atoms with Gasteiger partial charge in [0.25, 0.3) is 5.91 Å². The Hall–Kier alpha value is -2.83. The predicted octanol–water partition coefficient (Wildman–Crippen LogP) is 2.66. The van der Waals surface area contributed by atoms with Gasteiger partial charge in [-0.05, 0) is 38.5 Å². The van der Waals surface area contributed by atoms with Gasteiger partial charge in [0, 0.05) is 24.7 Å². The molecule has 7 heteroatoms. The lowest BCUT2D eigenvalue weighted by molar-refractivity contribution is -0.125. The predicted molar refractivity (Wildman–Crippen MR) is 95.0 cm³/mol. The van der Waals surface area contributed by atoms with E-state index in [1.54, 1.807) is 7.11 Å². The maximum absolute atomic E-state index is 12.5. The first-order valence-electron chi connectivity index (χ1n) is 8.24. The Balaban J connectivity index is 1.70. The number of nitrogens with one attached hydrogen (secondary N) is 1. The summed E-state index contributed by atoms with van der Waals surface area (Å²) in [4.78, 5) is 17.9. The highest BCUT2D eigenvalue weighted by atomic mass is 16.6. The van der Waals surface area contributed by atoms with Crippen molar-refractivity contribution in [2.24, 2.45) is 5.16 Å². The fourth-order valence-corrected chi connectivity index (χ4v) is 2.77. The fraction of sp³-hybridized carbons (Fsp3) is 0.389. The molecule has 3 rings (SSSR count). The Morgan fingerprint density at radius 1 is 1.44 bits per heavy atom. The summed E-state index contributed by atoms with van der Waals surface area (Å²) in [7, 11) is 1.57. The van der Waals surface area contributed by atoms with Crippen molar-refractivity contribution >= 4 is 17.3 Å². The van der Waals surface area contributed by atoms with Crippen molar-refractivity contribution in [3.8, 4) is 5.75 Å². The zero-order valence-electron chi connectivity index (χ0n) is 14.9. The van der Waals surface area contributed by atoms with E-state index in [2.05, 4.69) is 15.6 Å². The second-order valence-electron chi connectivity index (χ2n) is 6.01. The zero-order chi connectivity index (χ0) is 18.0. The summed E-state index contributed by atoms with van der Waals surface area (Å²) in [5, 5.41) is 11.4. The molecule has 0 fully saturated rings. The molecule has 25 heavy (non-hydrogen) atoms. The van der Waals surface area contributed by atoms with Crippen molar-refractivity contribution in [2.45, 2.75) is 39.8 Å². The van der Waals surface area contributed by atoms with E-state index in [0.717, 1.165) is 29.1 Å². The van der Waals surface area contributed by atoms with Crippen LogP contribution in [0.1, 0.15) is 30.2 Å². The van der Waals surface area contributed by atoms with Gasteiger partial charge in [-0.2, -0.15) is 5.10 Å². The van der Waals surface area contributed by atoms with E-state index in [0.29, 0.717) is 17.9 Å². The molecule has 132 valence electrons. The van der Waals surface area contributed by atoms with Gasteiger partial charge in [-0.1, -0.05) is 11.2 Å². The molecule has 2 aromatic rings. The van der Waals surface area contributed by atoms with Gasteiger partial charge >= 0.3 is 0 Å². The second-order valence-corrected chi connectivity index (χ2v) is 6.01. The normalized spacial score (nSPS) is 16.3. The molecule has 0 aliphatic carbocycles. The van der Waals surface area contributed by atoms with Gasteiger partial charge in [0.15, 0.2) is 0 Å². The highest BCUT2D eigenvalue weighted by molar-refractivity contribution is 6.06. The number of aryl methyl sites for hydroxylation is 3. The van der Waals surface area contributed by atoms with Crippen molar-refractivity contribution < 1.29 is 14.4 Å². The van der Waals surface area contributed by atoms with E-state index in [4.69, 9.17) is 9.57 Å². The lowest BCUT2D eigenvalue weighted by Gasteiger charge is -2.13. The number of anilines is 1. The molecule has 1 aromatic heterocycles. The van der Waals surface area contributed by atoms with Crippen LogP contribution in [-0.4, -0.2) is 34.6 Å². The van der Waals surface area contributed by atoms with E-state index in [9.17, 15) is 4.79 Å². The molecule has 1 aliphatic heterocycles. The average Bonchev–Trinajstić information content (AvgIpc) is 3.21. The summed E-state index contributed by atoms with van der Waals surface area (Å²) < 4.78 is 7.14. The molecular formula is C18H22N4O3. The van der Waals surface area contributed by atoms with Crippen LogP contribution < -0.4 is 10.1 Å². The number of aromatic nitrogens is 2. The third-order valence-electron chi connectivity index (χ3n) is 4.16. The van der Waals surface area contributed by atoms with Crippen LogP contribution in [0, 0.1) is 13.8 Å². The van der Waals surface area contributed by atoms with Crippen LogP contribution in [0.5, 0.6) is 5.75 Å². The Morgan fingerprint density at radius 3 is 2.92 bits per heavy atom. The van der Waals surface area contributed by atoms with Gasteiger partial charge in [0.2, 0.25) is 6.10 Å². The van der Waals surface area contributed by atoms with Crippen LogP contribution >= 0.6 is 0 Å². The van der Waals surface area contributed by atoms with E-state index >= 15 is 0 Å². The standard InChI is InChI=1S/C18H22N4O3/c1-5-22-10-13(12(3)20-22)14-9-17(25-21-14)18(23)19-15-8-11(2)6-7-16(15)24-4/h6-8,10,17H,5,9H2,1-4H3,(H,19,23). The van der Waals surface area contributed by atoms with Crippen LogP contribution in [0.4, 0.5) is 5.69 Å². The smallest absolute Gasteiger partial charge is 0.268 e. The number of hydrogen-bond donors (Lipinski definition) is 1. The van der Waals surface area contributed by atoms with Gasteiger partial charge in [-0.3, -0.25) is 9.48 Å². The molecule has 0 saturated carbocycles. The summed E-state index contributed by atoms with van der Waals surface area (Å²) in [5.41, 5.74) is 4.20. The van der Waals surface area contributed by atoms with E-state index in [1.807, 2.05) is 49.8 Å². The van der Waals surface area contributed by atoms with E-state index in [-0.39, 0.29) is 5.91 Å². The van der Waals surface area contributed by atoms with Crippen molar-refractivity contribution in [3.05, 3.63) is 41.2 Å². The van der Waals surface area contributed by atoms with Gasteiger partial charge in [0.1, 0.15) is 5.75 Å². The SMILES string of the molecule is CCn1cc(C2=NOC(C(=O)Nc3cc(C)ccc3OC)C2)c(C)n1. The number of rotatable bonds is 5. The summed E-state index contributed by atoms with van der Waals surface area (Å²) in [6.45, 7) is 6.69. The third kappa shape index (κ3) is 3.50. The quantitative estimate of drug-likeness (QED) is 0.906. The number of carbonyl (C=O) groups is 1. The number of nitrogens with zero attached hydrogens (tertiary/aromatic N) is 3. The summed E-state index contributed by atoms with van der Waals surface area (Å²) in [5.74, 6) is 0.362. The molecule has 2 heterocycles. The number of ether oxygens (including phenoxy) is 1. The molecular weight excluding hydrogens is 320 g/mol. The molecule has 1 aliphatic rings. The molecule has 0 radical (unpaired) electrons. The molecule has 1 atom stereocenters. The minimum atomic E-state index is -0.662. The summed E-state index contributed by atoms with van der Waals surface area (Å²) in [6, 6.07) is 5.61. The number of amides is 1. The lowest BCUT2D eigenvalue weighted by atomic mass is 10.1. The van der Waals surface area contributed by atoms with E-state index in [1.165, 1.54) is 0 Å². The maximum atomic E-state index is 12.5. The fourth-order valence-electron chi connectivity index (χ4n) is 2.77. The number of methoxy groups -OCH3 is 1. The van der Waals surface area contributed by atoms with Crippen molar-refractivity contribution in [2.75, 3.05) is 12.4 Å². The minimum Gasteiger partial charge on any atom is -0.495 e. The molecule has 1 amide bonds. The van der Waals surface area contributed by atoms with Crippen molar-refractivity contribution in [1.29, 1.82) is 0 Å². The van der Waals surface area contributed by atoms with Crippen LogP contribution in [-0.2, 0) is 16.2 Å². The maximum Gasteiger partial charge on any atom is 0.268 e. The average molecular weight is 342 g/mol. The van der Waals surface area contributed by atoms with Crippen molar-refractivity contribution in [3.63, 3.8) is 0 Å². The first-order chi connectivity index (χ1) is 12.0. The molecule has 0 saturated heterocycles. The molecule has 0 bridgehead atoms. The minimum absolute atomic E-state index is 0.247. The molecule has 0 spiro atoms. The number of carbonyl (C=O) groups excluding carboxylic acids is 1. The topological polar surface area (TPSA) is 77.7 Å². The first-order valence-corrected chi connectivity index (χ1v) is 8.24. The Morgan fingerprint density at radius 2 is 2.24 bits per heavy atom. The zero-order valence-corrected chi connectivity index (χ0v) is 14.9. The number of oxime groups is 1. The number of benzene rings is 1. The van der Waals surface area contributed by atoms with Crippen LogP contribution in [0.3, 0.4) is 0 Å². The highest BCUT2D eigenvalue weighted by Crippen LogP contribution is 2.27. The van der Waals surface area contributed by atoms with Crippen LogP contribution in [0.2, 0.25) is 0 Å². The Kier molecular flexibility index (Phi) is 4.74. The van der Waals surface area contributed by atoms with E-state index < -0.39 is 6.10 Å².